The molecule has 0 saturated carbocycles. The minimum Gasteiger partial charge on any atom is -0.494 e. The van der Waals surface area contributed by atoms with Gasteiger partial charge < -0.3 is 10.1 Å². The van der Waals surface area contributed by atoms with E-state index in [1.807, 2.05) is 36.4 Å². The van der Waals surface area contributed by atoms with Crippen LogP contribution in [-0.4, -0.2) is 26.8 Å². The number of nitrogens with one attached hydrogen (secondary N) is 2. The van der Waals surface area contributed by atoms with Gasteiger partial charge in [0, 0.05) is 22.2 Å². The molecule has 7 heteroatoms. The van der Waals surface area contributed by atoms with Crippen LogP contribution >= 0.6 is 0 Å². The summed E-state index contributed by atoms with van der Waals surface area (Å²) < 4.78 is 31.2. The minimum atomic E-state index is -3.39. The molecule has 0 radical (unpaired) electrons. The first kappa shape index (κ1) is 20.1. The van der Waals surface area contributed by atoms with Crippen LogP contribution in [0.2, 0.25) is 0 Å². The van der Waals surface area contributed by atoms with Crippen molar-refractivity contribution < 1.29 is 13.2 Å². The highest BCUT2D eigenvalue weighted by Crippen LogP contribution is 2.38. The molecular weight excluding hydrogens is 422 g/mol. The maximum Gasteiger partial charge on any atom is 0.229 e. The van der Waals surface area contributed by atoms with Gasteiger partial charge in [0.05, 0.1) is 41.5 Å². The van der Waals surface area contributed by atoms with Crippen molar-refractivity contribution in [3.05, 3.63) is 78.9 Å². The van der Waals surface area contributed by atoms with E-state index in [9.17, 15) is 8.42 Å². The van der Waals surface area contributed by atoms with Gasteiger partial charge in [-0.1, -0.05) is 42.5 Å². The lowest BCUT2D eigenvalue weighted by Crippen LogP contribution is -2.09. The van der Waals surface area contributed by atoms with Crippen molar-refractivity contribution in [2.24, 2.45) is 0 Å². The normalized spacial score (nSPS) is 11.7. The van der Waals surface area contributed by atoms with Gasteiger partial charge in [0.2, 0.25) is 10.0 Å². The molecule has 0 bridgehead atoms. The second-order valence-corrected chi connectivity index (χ2v) is 9.38. The van der Waals surface area contributed by atoms with Gasteiger partial charge in [0.15, 0.2) is 0 Å². The summed E-state index contributed by atoms with van der Waals surface area (Å²) in [4.78, 5) is 4.88. The highest BCUT2D eigenvalue weighted by Gasteiger charge is 2.13. The molecule has 0 amide bonds. The molecule has 0 unspecified atom stereocenters. The fourth-order valence-electron chi connectivity index (χ4n) is 3.93. The van der Waals surface area contributed by atoms with Crippen LogP contribution in [-0.2, 0) is 10.0 Å². The molecular formula is C25H21N3O3S. The number of benzene rings is 4. The number of nitrogens with zero attached hydrogens (tertiary/aromatic N) is 1. The summed E-state index contributed by atoms with van der Waals surface area (Å²) in [5.41, 5.74) is 3.90. The molecule has 0 fully saturated rings. The number of para-hydroxylation sites is 1. The molecule has 6 nitrogen and oxygen atoms in total. The molecule has 2 N–H and O–H groups in total. The average Bonchev–Trinajstić information content (AvgIpc) is 2.77. The third kappa shape index (κ3) is 3.78. The molecule has 1 heterocycles. The lowest BCUT2D eigenvalue weighted by atomic mass is 10.0. The number of anilines is 3. The van der Waals surface area contributed by atoms with Crippen molar-refractivity contribution in [2.75, 3.05) is 23.4 Å². The van der Waals surface area contributed by atoms with Gasteiger partial charge in [-0.15, -0.1) is 0 Å². The average molecular weight is 444 g/mol. The number of rotatable bonds is 5. The van der Waals surface area contributed by atoms with Crippen LogP contribution < -0.4 is 14.8 Å². The van der Waals surface area contributed by atoms with E-state index in [1.165, 1.54) is 0 Å². The van der Waals surface area contributed by atoms with Crippen molar-refractivity contribution >= 4 is 59.7 Å². The summed E-state index contributed by atoms with van der Waals surface area (Å²) >= 11 is 0. The number of sulfonamides is 1. The largest absolute Gasteiger partial charge is 0.494 e. The van der Waals surface area contributed by atoms with Crippen LogP contribution in [0.4, 0.5) is 17.1 Å². The van der Waals surface area contributed by atoms with E-state index in [0.717, 1.165) is 50.2 Å². The molecule has 0 atom stereocenters. The van der Waals surface area contributed by atoms with Gasteiger partial charge in [0.1, 0.15) is 5.75 Å². The Hall–Kier alpha value is -3.84. The first-order valence-electron chi connectivity index (χ1n) is 10.1. The predicted molar refractivity (Wildman–Crippen MR) is 131 cm³/mol. The molecule has 1 aromatic heterocycles. The SMILES string of the molecule is COc1cc(NS(C)(=O)=O)ccc1Nc1c2ccccc2cc2nc3ccccc3cc12. The highest BCUT2D eigenvalue weighted by atomic mass is 32.2. The number of ether oxygens (including phenoxy) is 1. The summed E-state index contributed by atoms with van der Waals surface area (Å²) in [5.74, 6) is 0.522. The van der Waals surface area contributed by atoms with Gasteiger partial charge in [-0.05, 0) is 35.7 Å². The Morgan fingerprint density at radius 2 is 1.56 bits per heavy atom. The smallest absolute Gasteiger partial charge is 0.229 e. The van der Waals surface area contributed by atoms with Gasteiger partial charge in [-0.3, -0.25) is 4.72 Å². The molecule has 0 aliphatic heterocycles. The molecule has 5 aromatic rings. The quantitative estimate of drug-likeness (QED) is 0.342. The van der Waals surface area contributed by atoms with Crippen LogP contribution in [0.25, 0.3) is 32.6 Å². The number of hydrogen-bond acceptors (Lipinski definition) is 5. The first-order valence-corrected chi connectivity index (χ1v) is 11.9. The number of hydrogen-bond donors (Lipinski definition) is 2. The summed E-state index contributed by atoms with van der Waals surface area (Å²) in [6, 6.07) is 25.6. The van der Waals surface area contributed by atoms with E-state index in [1.54, 1.807) is 25.3 Å². The molecule has 32 heavy (non-hydrogen) atoms. The second-order valence-electron chi connectivity index (χ2n) is 7.63. The van der Waals surface area contributed by atoms with Gasteiger partial charge in [0.25, 0.3) is 0 Å². The van der Waals surface area contributed by atoms with Crippen molar-refractivity contribution in [2.45, 2.75) is 0 Å². The second kappa shape index (κ2) is 7.69. The first-order chi connectivity index (χ1) is 15.4. The Labute approximate surface area is 185 Å². The highest BCUT2D eigenvalue weighted by molar-refractivity contribution is 7.92. The van der Waals surface area contributed by atoms with Crippen LogP contribution in [0.5, 0.6) is 5.75 Å². The summed E-state index contributed by atoms with van der Waals surface area (Å²) in [7, 11) is -1.83. The molecule has 4 aromatic carbocycles. The Kier molecular flexibility index (Phi) is 4.83. The lowest BCUT2D eigenvalue weighted by molar-refractivity contribution is 0.417. The third-order valence-corrected chi connectivity index (χ3v) is 5.92. The monoisotopic (exact) mass is 443 g/mol. The lowest BCUT2D eigenvalue weighted by Gasteiger charge is -2.17. The molecule has 0 saturated heterocycles. The van der Waals surface area contributed by atoms with Crippen molar-refractivity contribution in [3.8, 4) is 5.75 Å². The van der Waals surface area contributed by atoms with E-state index < -0.39 is 10.0 Å². The number of methoxy groups -OCH3 is 1. The molecule has 0 spiro atoms. The van der Waals surface area contributed by atoms with Crippen LogP contribution in [0.3, 0.4) is 0 Å². The molecule has 160 valence electrons. The topological polar surface area (TPSA) is 80.3 Å². The molecule has 5 rings (SSSR count). The summed E-state index contributed by atoms with van der Waals surface area (Å²) in [6.45, 7) is 0. The van der Waals surface area contributed by atoms with Crippen LogP contribution in [0.15, 0.2) is 78.9 Å². The number of aromatic nitrogens is 1. The Morgan fingerprint density at radius 3 is 2.34 bits per heavy atom. The maximum atomic E-state index is 11.6. The maximum absolute atomic E-state index is 11.6. The van der Waals surface area contributed by atoms with E-state index >= 15 is 0 Å². The predicted octanol–water partition coefficient (Wildman–Crippen LogP) is 5.66. The fraction of sp³-hybridized carbons (Fsp3) is 0.0800. The van der Waals surface area contributed by atoms with Crippen LogP contribution in [0, 0.1) is 0 Å². The Balaban J connectivity index is 1.71. The van der Waals surface area contributed by atoms with Gasteiger partial charge in [-0.25, -0.2) is 13.4 Å². The van der Waals surface area contributed by atoms with E-state index in [2.05, 4.69) is 34.3 Å². The van der Waals surface area contributed by atoms with E-state index in [0.29, 0.717) is 11.4 Å². The van der Waals surface area contributed by atoms with E-state index in [4.69, 9.17) is 9.72 Å². The van der Waals surface area contributed by atoms with Crippen molar-refractivity contribution in [1.29, 1.82) is 0 Å². The zero-order valence-electron chi connectivity index (χ0n) is 17.6. The van der Waals surface area contributed by atoms with E-state index in [-0.39, 0.29) is 0 Å². The number of fused-ring (bicyclic) bond motifs is 3. The Bertz CT molecular complexity index is 1590. The summed E-state index contributed by atoms with van der Waals surface area (Å²) in [6.07, 6.45) is 1.12. The Morgan fingerprint density at radius 1 is 0.812 bits per heavy atom. The fourth-order valence-corrected chi connectivity index (χ4v) is 4.48. The van der Waals surface area contributed by atoms with Gasteiger partial charge in [-0.2, -0.15) is 0 Å². The zero-order valence-corrected chi connectivity index (χ0v) is 18.4. The number of pyridine rings is 1. The zero-order chi connectivity index (χ0) is 22.3. The van der Waals surface area contributed by atoms with Crippen molar-refractivity contribution in [1.82, 2.24) is 4.98 Å². The minimum absolute atomic E-state index is 0.435. The molecule has 0 aliphatic carbocycles. The standard InChI is InChI=1S/C25H21N3O3S/c1-31-24-15-18(28-32(2,29)30)11-12-22(24)27-25-19-9-5-3-7-16(19)14-23-20(25)13-17-8-4-6-10-21(17)26-23/h3-15,27-28H,1-2H3. The van der Waals surface area contributed by atoms with Crippen LogP contribution in [0.1, 0.15) is 0 Å². The molecule has 0 aliphatic rings. The van der Waals surface area contributed by atoms with Crippen molar-refractivity contribution in [3.63, 3.8) is 0 Å². The summed E-state index contributed by atoms with van der Waals surface area (Å²) in [5, 5.41) is 7.69. The van der Waals surface area contributed by atoms with Gasteiger partial charge >= 0.3 is 0 Å². The third-order valence-electron chi connectivity index (χ3n) is 5.31.